The first kappa shape index (κ1) is 24.6. The van der Waals surface area contributed by atoms with Crippen molar-refractivity contribution in [2.24, 2.45) is 0 Å². The van der Waals surface area contributed by atoms with Crippen molar-refractivity contribution in [1.82, 2.24) is 10.0 Å². The maximum atomic E-state index is 12.9. The van der Waals surface area contributed by atoms with Crippen molar-refractivity contribution in [2.45, 2.75) is 32.2 Å². The van der Waals surface area contributed by atoms with E-state index in [1.54, 1.807) is 75.5 Å². The van der Waals surface area contributed by atoms with Gasteiger partial charge in [-0.05, 0) is 48.6 Å². The molecule has 0 fully saturated rings. The SMILES string of the molecule is CC(C)NS(=O)(=O)Cc1ccc(CNC(=O)c2ccccc2N(C)C(=O)c2cccs2)cc1. The van der Waals surface area contributed by atoms with Gasteiger partial charge in [-0.2, -0.15) is 0 Å². The zero-order valence-corrected chi connectivity index (χ0v) is 20.4. The molecule has 0 saturated heterocycles. The molecule has 0 aliphatic carbocycles. The van der Waals surface area contributed by atoms with Crippen LogP contribution in [0.25, 0.3) is 0 Å². The van der Waals surface area contributed by atoms with Gasteiger partial charge in [-0.25, -0.2) is 13.1 Å². The third-order valence-electron chi connectivity index (χ3n) is 4.79. The van der Waals surface area contributed by atoms with Crippen molar-refractivity contribution in [3.05, 3.63) is 87.6 Å². The summed E-state index contributed by atoms with van der Waals surface area (Å²) >= 11 is 1.35. The number of benzene rings is 2. The van der Waals surface area contributed by atoms with Crippen LogP contribution in [0.1, 0.15) is 45.0 Å². The van der Waals surface area contributed by atoms with E-state index >= 15 is 0 Å². The highest BCUT2D eigenvalue weighted by Gasteiger charge is 2.20. The third-order valence-corrected chi connectivity index (χ3v) is 7.20. The minimum absolute atomic E-state index is 0.101. The number of amides is 2. The monoisotopic (exact) mass is 485 g/mol. The molecule has 33 heavy (non-hydrogen) atoms. The standard InChI is InChI=1S/C24H27N3O4S2/c1-17(2)26-33(30,31)16-19-12-10-18(11-13-19)15-25-23(28)20-7-4-5-8-21(20)27(3)24(29)22-9-6-14-32-22/h4-14,17,26H,15-16H2,1-3H3,(H,25,28). The highest BCUT2D eigenvalue weighted by molar-refractivity contribution is 7.88. The Morgan fingerprint density at radius 1 is 0.970 bits per heavy atom. The second-order valence-corrected chi connectivity index (χ2v) is 10.6. The molecule has 0 atom stereocenters. The molecule has 3 rings (SSSR count). The van der Waals surface area contributed by atoms with Gasteiger partial charge in [0.05, 0.1) is 21.9 Å². The summed E-state index contributed by atoms with van der Waals surface area (Å²) < 4.78 is 26.7. The average molecular weight is 486 g/mol. The maximum Gasteiger partial charge on any atom is 0.268 e. The van der Waals surface area contributed by atoms with E-state index in [9.17, 15) is 18.0 Å². The Bertz CT molecular complexity index is 1200. The summed E-state index contributed by atoms with van der Waals surface area (Å²) in [4.78, 5) is 27.7. The summed E-state index contributed by atoms with van der Waals surface area (Å²) in [5.41, 5.74) is 2.41. The van der Waals surface area contributed by atoms with Gasteiger partial charge in [0.25, 0.3) is 11.8 Å². The molecule has 0 unspecified atom stereocenters. The largest absolute Gasteiger partial charge is 0.348 e. The lowest BCUT2D eigenvalue weighted by Crippen LogP contribution is -2.31. The number of carbonyl (C=O) groups is 2. The summed E-state index contributed by atoms with van der Waals surface area (Å²) in [5.74, 6) is -0.581. The third kappa shape index (κ3) is 6.74. The van der Waals surface area contributed by atoms with Gasteiger partial charge >= 0.3 is 0 Å². The number of thiophene rings is 1. The summed E-state index contributed by atoms with van der Waals surface area (Å²) in [6.45, 7) is 3.82. The highest BCUT2D eigenvalue weighted by Crippen LogP contribution is 2.22. The fourth-order valence-corrected chi connectivity index (χ4v) is 5.42. The van der Waals surface area contributed by atoms with Gasteiger partial charge in [0.1, 0.15) is 0 Å². The number of anilines is 1. The Morgan fingerprint density at radius 3 is 2.27 bits per heavy atom. The first-order valence-corrected chi connectivity index (χ1v) is 13.0. The number of nitrogens with one attached hydrogen (secondary N) is 2. The van der Waals surface area contributed by atoms with Crippen molar-refractivity contribution in [3.63, 3.8) is 0 Å². The smallest absolute Gasteiger partial charge is 0.268 e. The quantitative estimate of drug-likeness (QED) is 0.482. The van der Waals surface area contributed by atoms with Gasteiger partial charge in [0.15, 0.2) is 0 Å². The number of nitrogens with zero attached hydrogens (tertiary/aromatic N) is 1. The molecule has 0 bridgehead atoms. The molecule has 2 amide bonds. The van der Waals surface area contributed by atoms with E-state index in [0.717, 1.165) is 5.56 Å². The Morgan fingerprint density at radius 2 is 1.64 bits per heavy atom. The predicted octanol–water partition coefficient (Wildman–Crippen LogP) is 3.78. The van der Waals surface area contributed by atoms with E-state index in [4.69, 9.17) is 0 Å². The van der Waals surface area contributed by atoms with Crippen molar-refractivity contribution in [2.75, 3.05) is 11.9 Å². The average Bonchev–Trinajstić information content (AvgIpc) is 3.31. The predicted molar refractivity (Wildman–Crippen MR) is 132 cm³/mol. The molecule has 7 nitrogen and oxygen atoms in total. The molecular formula is C24H27N3O4S2. The zero-order chi connectivity index (χ0) is 24.0. The van der Waals surface area contributed by atoms with E-state index in [1.807, 2.05) is 11.4 Å². The van der Waals surface area contributed by atoms with Crippen molar-refractivity contribution in [3.8, 4) is 0 Å². The molecule has 1 aromatic heterocycles. The molecule has 174 valence electrons. The van der Waals surface area contributed by atoms with E-state index in [1.165, 1.54) is 16.2 Å². The van der Waals surface area contributed by atoms with Crippen molar-refractivity contribution in [1.29, 1.82) is 0 Å². The number of carbonyl (C=O) groups excluding carboxylic acids is 2. The minimum Gasteiger partial charge on any atom is -0.348 e. The number of para-hydroxylation sites is 1. The fourth-order valence-electron chi connectivity index (χ4n) is 3.28. The zero-order valence-electron chi connectivity index (χ0n) is 18.7. The second-order valence-electron chi connectivity index (χ2n) is 7.89. The molecule has 3 aromatic rings. The molecule has 2 N–H and O–H groups in total. The van der Waals surface area contributed by atoms with Crippen LogP contribution in [-0.4, -0.2) is 33.3 Å². The first-order chi connectivity index (χ1) is 15.7. The summed E-state index contributed by atoms with van der Waals surface area (Å²) in [6, 6.07) is 17.4. The Hall–Kier alpha value is -3.01. The van der Waals surface area contributed by atoms with E-state index < -0.39 is 10.0 Å². The summed E-state index contributed by atoms with van der Waals surface area (Å²) in [5, 5.41) is 4.71. The van der Waals surface area contributed by atoms with Crippen molar-refractivity contribution < 1.29 is 18.0 Å². The van der Waals surface area contributed by atoms with Crippen LogP contribution in [-0.2, 0) is 22.3 Å². The Balaban J connectivity index is 1.65. The van der Waals surface area contributed by atoms with Gasteiger partial charge in [-0.3, -0.25) is 9.59 Å². The van der Waals surface area contributed by atoms with Gasteiger partial charge in [0.2, 0.25) is 10.0 Å². The molecule has 0 aliphatic heterocycles. The van der Waals surface area contributed by atoms with E-state index in [2.05, 4.69) is 10.0 Å². The Kier molecular flexibility index (Phi) is 8.01. The number of hydrogen-bond donors (Lipinski definition) is 2. The molecule has 0 saturated carbocycles. The van der Waals surface area contributed by atoms with Crippen molar-refractivity contribution >= 4 is 38.9 Å². The van der Waals surface area contributed by atoms with Crippen LogP contribution >= 0.6 is 11.3 Å². The summed E-state index contributed by atoms with van der Waals surface area (Å²) in [7, 11) is -1.75. The van der Waals surface area contributed by atoms with Crippen LogP contribution in [0, 0.1) is 0 Å². The van der Waals surface area contributed by atoms with Gasteiger partial charge in [-0.1, -0.05) is 42.5 Å². The molecule has 0 radical (unpaired) electrons. The van der Waals surface area contributed by atoms with Crippen LogP contribution in [0.5, 0.6) is 0 Å². The molecule has 0 spiro atoms. The molecular weight excluding hydrogens is 458 g/mol. The maximum absolute atomic E-state index is 12.9. The van der Waals surface area contributed by atoms with Gasteiger partial charge in [0, 0.05) is 19.6 Å². The van der Waals surface area contributed by atoms with Crippen LogP contribution < -0.4 is 14.9 Å². The minimum atomic E-state index is -3.40. The van der Waals surface area contributed by atoms with Crippen LogP contribution in [0.15, 0.2) is 66.0 Å². The van der Waals surface area contributed by atoms with E-state index in [-0.39, 0.29) is 30.2 Å². The molecule has 1 heterocycles. The summed E-state index contributed by atoms with van der Waals surface area (Å²) in [6.07, 6.45) is 0. The topological polar surface area (TPSA) is 95.6 Å². The van der Waals surface area contributed by atoms with Gasteiger partial charge < -0.3 is 10.2 Å². The first-order valence-electron chi connectivity index (χ1n) is 10.4. The molecule has 9 heteroatoms. The van der Waals surface area contributed by atoms with Crippen LogP contribution in [0.4, 0.5) is 5.69 Å². The molecule has 0 aliphatic rings. The normalized spacial score (nSPS) is 11.4. The fraction of sp³-hybridized carbons (Fsp3) is 0.250. The number of sulfonamides is 1. The second kappa shape index (κ2) is 10.7. The number of hydrogen-bond acceptors (Lipinski definition) is 5. The highest BCUT2D eigenvalue weighted by atomic mass is 32.2. The number of rotatable bonds is 9. The lowest BCUT2D eigenvalue weighted by Gasteiger charge is -2.20. The van der Waals surface area contributed by atoms with Crippen LogP contribution in [0.2, 0.25) is 0 Å². The Labute approximate surface area is 198 Å². The van der Waals surface area contributed by atoms with Gasteiger partial charge in [-0.15, -0.1) is 11.3 Å². The van der Waals surface area contributed by atoms with E-state index in [0.29, 0.717) is 21.7 Å². The lowest BCUT2D eigenvalue weighted by molar-refractivity contribution is 0.0951. The molecule has 2 aromatic carbocycles. The lowest BCUT2D eigenvalue weighted by atomic mass is 10.1. The van der Waals surface area contributed by atoms with Crippen LogP contribution in [0.3, 0.4) is 0 Å².